The fourth-order valence-corrected chi connectivity index (χ4v) is 4.78. The molecule has 8 heteroatoms. The number of nitrogens with one attached hydrogen (secondary N) is 2. The van der Waals surface area contributed by atoms with Crippen molar-refractivity contribution in [3.05, 3.63) is 27.1 Å². The molecule has 158 valence electrons. The van der Waals surface area contributed by atoms with Crippen LogP contribution in [0.3, 0.4) is 0 Å². The van der Waals surface area contributed by atoms with E-state index in [1.165, 1.54) is 47.9 Å². The molecule has 0 saturated heterocycles. The third kappa shape index (κ3) is 5.65. The van der Waals surface area contributed by atoms with Gasteiger partial charge < -0.3 is 10.6 Å². The van der Waals surface area contributed by atoms with Gasteiger partial charge in [0.1, 0.15) is 11.4 Å². The zero-order chi connectivity index (χ0) is 20.8. The maximum Gasteiger partial charge on any atom is 0.262 e. The molecule has 7 nitrogen and oxygen atoms in total. The molecule has 29 heavy (non-hydrogen) atoms. The molecule has 0 aliphatic heterocycles. The highest BCUT2D eigenvalue weighted by Crippen LogP contribution is 2.25. The van der Waals surface area contributed by atoms with E-state index in [4.69, 9.17) is 0 Å². The van der Waals surface area contributed by atoms with E-state index in [0.29, 0.717) is 35.6 Å². The Kier molecular flexibility index (Phi) is 7.41. The number of amides is 2. The number of rotatable bonds is 7. The molecule has 3 rings (SSSR count). The molecular formula is C21H30N4O3S. The Bertz CT molecular complexity index is 926. The van der Waals surface area contributed by atoms with Crippen LogP contribution >= 0.6 is 11.3 Å². The summed E-state index contributed by atoms with van der Waals surface area (Å²) in [7, 11) is 0. The molecule has 0 spiro atoms. The lowest BCUT2D eigenvalue weighted by Gasteiger charge is -2.16. The monoisotopic (exact) mass is 418 g/mol. The minimum atomic E-state index is -0.248. The lowest BCUT2D eigenvalue weighted by Crippen LogP contribution is -2.35. The topological polar surface area (TPSA) is 93.1 Å². The molecular weight excluding hydrogens is 388 g/mol. The van der Waals surface area contributed by atoms with E-state index >= 15 is 0 Å². The molecule has 0 aromatic carbocycles. The SMILES string of the molecule is Cc1sc2ncn(CC(=O)NCCCC(=O)NC3CCCCCC3)c(=O)c2c1C. The van der Waals surface area contributed by atoms with Gasteiger partial charge in [0.05, 0.1) is 11.7 Å². The molecule has 2 aromatic rings. The number of hydrogen-bond acceptors (Lipinski definition) is 5. The first-order valence-corrected chi connectivity index (χ1v) is 11.3. The molecule has 2 aromatic heterocycles. The molecule has 1 fully saturated rings. The third-order valence-corrected chi connectivity index (χ3v) is 6.71. The van der Waals surface area contributed by atoms with Crippen molar-refractivity contribution >= 4 is 33.4 Å². The van der Waals surface area contributed by atoms with Crippen molar-refractivity contribution in [1.29, 1.82) is 0 Å². The highest BCUT2D eigenvalue weighted by atomic mass is 32.1. The second-order valence-electron chi connectivity index (χ2n) is 7.85. The number of nitrogens with zero attached hydrogens (tertiary/aromatic N) is 2. The van der Waals surface area contributed by atoms with E-state index in [-0.39, 0.29) is 23.9 Å². The van der Waals surface area contributed by atoms with Gasteiger partial charge in [0.15, 0.2) is 0 Å². The van der Waals surface area contributed by atoms with E-state index < -0.39 is 0 Å². The molecule has 0 unspecified atom stereocenters. The van der Waals surface area contributed by atoms with Gasteiger partial charge in [0, 0.05) is 23.9 Å². The summed E-state index contributed by atoms with van der Waals surface area (Å²) in [6.45, 7) is 4.22. The largest absolute Gasteiger partial charge is 0.355 e. The van der Waals surface area contributed by atoms with Crippen LogP contribution in [0, 0.1) is 13.8 Å². The van der Waals surface area contributed by atoms with Gasteiger partial charge >= 0.3 is 0 Å². The van der Waals surface area contributed by atoms with E-state index in [1.54, 1.807) is 0 Å². The molecule has 2 N–H and O–H groups in total. The maximum atomic E-state index is 12.6. The van der Waals surface area contributed by atoms with Gasteiger partial charge in [-0.25, -0.2) is 4.98 Å². The van der Waals surface area contributed by atoms with Crippen molar-refractivity contribution in [3.8, 4) is 0 Å². The Morgan fingerprint density at radius 3 is 2.62 bits per heavy atom. The summed E-state index contributed by atoms with van der Waals surface area (Å²) in [5.74, 6) is -0.192. The first-order valence-electron chi connectivity index (χ1n) is 10.5. The van der Waals surface area contributed by atoms with Gasteiger partial charge in [-0.1, -0.05) is 25.7 Å². The van der Waals surface area contributed by atoms with Crippen LogP contribution in [-0.4, -0.2) is 34.0 Å². The average molecular weight is 419 g/mol. The predicted octanol–water partition coefficient (Wildman–Crippen LogP) is 2.81. The molecule has 1 saturated carbocycles. The standard InChI is InChI=1S/C21H30N4O3S/c1-14-15(2)29-20-19(14)21(28)25(13-23-20)12-18(27)22-11-7-10-17(26)24-16-8-5-3-4-6-9-16/h13,16H,3-12H2,1-2H3,(H,22,27)(H,24,26). The van der Waals surface area contributed by atoms with Crippen LogP contribution in [0.15, 0.2) is 11.1 Å². The number of aryl methyl sites for hydroxylation is 2. The van der Waals surface area contributed by atoms with Gasteiger partial charge in [-0.15, -0.1) is 11.3 Å². The van der Waals surface area contributed by atoms with Crippen LogP contribution in [0.2, 0.25) is 0 Å². The normalized spacial score (nSPS) is 15.2. The quantitative estimate of drug-likeness (QED) is 0.534. The van der Waals surface area contributed by atoms with Gasteiger partial charge in [0.25, 0.3) is 5.56 Å². The van der Waals surface area contributed by atoms with Gasteiger partial charge in [-0.05, 0) is 38.7 Å². The van der Waals surface area contributed by atoms with Gasteiger partial charge in [-0.2, -0.15) is 0 Å². The van der Waals surface area contributed by atoms with E-state index in [1.807, 2.05) is 13.8 Å². The Morgan fingerprint density at radius 1 is 1.17 bits per heavy atom. The van der Waals surface area contributed by atoms with Crippen LogP contribution < -0.4 is 16.2 Å². The first kappa shape index (κ1) is 21.5. The highest BCUT2D eigenvalue weighted by Gasteiger charge is 2.15. The van der Waals surface area contributed by atoms with Crippen molar-refractivity contribution in [1.82, 2.24) is 20.2 Å². The smallest absolute Gasteiger partial charge is 0.262 e. The van der Waals surface area contributed by atoms with Crippen LogP contribution in [0.1, 0.15) is 61.8 Å². The predicted molar refractivity (Wildman–Crippen MR) is 115 cm³/mol. The summed E-state index contributed by atoms with van der Waals surface area (Å²) in [5.41, 5.74) is 0.742. The summed E-state index contributed by atoms with van der Waals surface area (Å²) in [6, 6.07) is 0.304. The molecule has 0 radical (unpaired) electrons. The Balaban J connectivity index is 1.43. The molecule has 2 heterocycles. The molecule has 1 aliphatic carbocycles. The van der Waals surface area contributed by atoms with Crippen molar-refractivity contribution in [3.63, 3.8) is 0 Å². The lowest BCUT2D eigenvalue weighted by atomic mass is 10.1. The summed E-state index contributed by atoms with van der Waals surface area (Å²) in [6.07, 6.45) is 9.44. The van der Waals surface area contributed by atoms with Crippen LogP contribution in [0.5, 0.6) is 0 Å². The van der Waals surface area contributed by atoms with Crippen molar-refractivity contribution in [2.24, 2.45) is 0 Å². The van der Waals surface area contributed by atoms with Crippen molar-refractivity contribution < 1.29 is 9.59 Å². The number of hydrogen-bond donors (Lipinski definition) is 2. The van der Waals surface area contributed by atoms with Gasteiger partial charge in [0.2, 0.25) is 11.8 Å². The number of fused-ring (bicyclic) bond motifs is 1. The number of carbonyl (C=O) groups excluding carboxylic acids is 2. The zero-order valence-corrected chi connectivity index (χ0v) is 18.1. The van der Waals surface area contributed by atoms with Crippen LogP contribution in [0.4, 0.5) is 0 Å². The third-order valence-electron chi connectivity index (χ3n) is 5.59. The summed E-state index contributed by atoms with van der Waals surface area (Å²) in [4.78, 5) is 43.0. The Hall–Kier alpha value is -2.22. The van der Waals surface area contributed by atoms with E-state index in [2.05, 4.69) is 15.6 Å². The number of thiophene rings is 1. The van der Waals surface area contributed by atoms with E-state index in [0.717, 1.165) is 23.3 Å². The van der Waals surface area contributed by atoms with Gasteiger partial charge in [-0.3, -0.25) is 19.0 Å². The second-order valence-corrected chi connectivity index (χ2v) is 9.05. The fraction of sp³-hybridized carbons (Fsp3) is 0.619. The minimum Gasteiger partial charge on any atom is -0.355 e. The first-order chi connectivity index (χ1) is 14.0. The molecule has 1 aliphatic rings. The number of carbonyl (C=O) groups is 2. The van der Waals surface area contributed by atoms with Crippen LogP contribution in [0.25, 0.3) is 10.2 Å². The Morgan fingerprint density at radius 2 is 1.90 bits per heavy atom. The molecule has 2 amide bonds. The molecule has 0 atom stereocenters. The summed E-state index contributed by atoms with van der Waals surface area (Å²) < 4.78 is 1.34. The zero-order valence-electron chi connectivity index (χ0n) is 17.3. The minimum absolute atomic E-state index is 0.0559. The lowest BCUT2D eigenvalue weighted by molar-refractivity contribution is -0.123. The average Bonchev–Trinajstić information content (AvgIpc) is 2.85. The fourth-order valence-electron chi connectivity index (χ4n) is 3.79. The number of aromatic nitrogens is 2. The second kappa shape index (κ2) is 10.0. The summed E-state index contributed by atoms with van der Waals surface area (Å²) >= 11 is 1.49. The highest BCUT2D eigenvalue weighted by molar-refractivity contribution is 7.18. The maximum absolute atomic E-state index is 12.6. The summed E-state index contributed by atoms with van der Waals surface area (Å²) in [5, 5.41) is 6.50. The molecule has 0 bridgehead atoms. The Labute approximate surface area is 174 Å². The van der Waals surface area contributed by atoms with Crippen molar-refractivity contribution in [2.75, 3.05) is 6.54 Å². The van der Waals surface area contributed by atoms with Crippen molar-refractivity contribution in [2.45, 2.75) is 77.8 Å². The van der Waals surface area contributed by atoms with Crippen LogP contribution in [-0.2, 0) is 16.1 Å². The van der Waals surface area contributed by atoms with E-state index in [9.17, 15) is 14.4 Å².